The van der Waals surface area contributed by atoms with Gasteiger partial charge in [0.1, 0.15) is 5.82 Å². The van der Waals surface area contributed by atoms with Gasteiger partial charge in [0, 0.05) is 0 Å². The summed E-state index contributed by atoms with van der Waals surface area (Å²) in [6, 6.07) is 13.3. The van der Waals surface area contributed by atoms with Gasteiger partial charge in [0.15, 0.2) is 5.17 Å². The topological polar surface area (TPSA) is 84.1 Å². The Morgan fingerprint density at radius 2 is 2.04 bits per heavy atom. The zero-order chi connectivity index (χ0) is 17.1. The number of hydrogen-bond acceptors (Lipinski definition) is 4. The van der Waals surface area contributed by atoms with Gasteiger partial charge in [0.05, 0.1) is 22.3 Å². The van der Waals surface area contributed by atoms with Crippen LogP contribution < -0.4 is 11.3 Å². The number of aromatic amines is 1. The molecule has 0 fully saturated rings. The third-order valence-electron chi connectivity index (χ3n) is 3.61. The van der Waals surface area contributed by atoms with Crippen molar-refractivity contribution in [3.8, 4) is 0 Å². The van der Waals surface area contributed by atoms with Gasteiger partial charge in [-0.1, -0.05) is 36.0 Å². The minimum atomic E-state index is -0.138. The summed E-state index contributed by atoms with van der Waals surface area (Å²) in [5.74, 6) is 1.04. The molecule has 0 aliphatic carbocycles. The van der Waals surface area contributed by atoms with E-state index in [1.165, 1.54) is 11.8 Å². The van der Waals surface area contributed by atoms with Crippen molar-refractivity contribution in [3.05, 3.63) is 69.8 Å². The first-order valence-electron chi connectivity index (χ1n) is 7.55. The second-order valence-electron chi connectivity index (χ2n) is 5.56. The van der Waals surface area contributed by atoms with Crippen molar-refractivity contribution in [2.45, 2.75) is 19.6 Å². The number of rotatable bonds is 3. The number of thioether (sulfide) groups is 1. The van der Waals surface area contributed by atoms with Crippen LogP contribution in [-0.4, -0.2) is 15.1 Å². The van der Waals surface area contributed by atoms with Gasteiger partial charge in [-0.25, -0.2) is 9.98 Å². The maximum absolute atomic E-state index is 12.1. The lowest BCUT2D eigenvalue weighted by Crippen LogP contribution is -2.13. The summed E-state index contributed by atoms with van der Waals surface area (Å²) in [4.78, 5) is 23.8. The molecule has 0 radical (unpaired) electrons. The number of H-pyrrole nitrogens is 1. The second kappa shape index (κ2) is 6.88. The van der Waals surface area contributed by atoms with Crippen LogP contribution in [0.3, 0.4) is 0 Å². The lowest BCUT2D eigenvalue weighted by Gasteiger charge is -2.05. The summed E-state index contributed by atoms with van der Waals surface area (Å²) in [6.45, 7) is 4.02. The van der Waals surface area contributed by atoms with E-state index in [-0.39, 0.29) is 5.56 Å². The molecule has 1 aromatic heterocycles. The Labute approximate surface area is 144 Å². The number of nitrogens with one attached hydrogen (secondary N) is 1. The minimum Gasteiger partial charge on any atom is -0.378 e. The van der Waals surface area contributed by atoms with Crippen molar-refractivity contribution in [2.75, 3.05) is 0 Å². The van der Waals surface area contributed by atoms with Crippen LogP contribution in [0.15, 0.2) is 52.3 Å². The quantitative estimate of drug-likeness (QED) is 0.566. The Kier molecular flexibility index (Phi) is 4.66. The maximum Gasteiger partial charge on any atom is 0.258 e. The number of para-hydroxylation sites is 1. The molecular weight excluding hydrogens is 320 g/mol. The highest BCUT2D eigenvalue weighted by Crippen LogP contribution is 2.21. The Balaban J connectivity index is 1.79. The molecule has 5 nitrogen and oxygen atoms in total. The van der Waals surface area contributed by atoms with Crippen molar-refractivity contribution in [1.29, 1.82) is 0 Å². The molecule has 0 aliphatic heterocycles. The van der Waals surface area contributed by atoms with Crippen molar-refractivity contribution in [2.24, 2.45) is 10.7 Å². The molecule has 0 aliphatic rings. The van der Waals surface area contributed by atoms with E-state index in [1.54, 1.807) is 6.07 Å². The SMILES string of the molecule is Cc1ccc(C)c(N=C(N)SCc2nc3ccccc3c(=O)[nH]2)c1. The predicted molar refractivity (Wildman–Crippen MR) is 101 cm³/mol. The standard InChI is InChI=1S/C18H18N4OS/c1-11-7-8-12(2)15(9-11)21-18(19)24-10-16-20-14-6-4-3-5-13(14)17(23)22-16/h3-9H,10H2,1-2H3,(H2,19,21)(H,20,22,23). The molecule has 2 aromatic carbocycles. The van der Waals surface area contributed by atoms with Gasteiger partial charge in [0.25, 0.3) is 5.56 Å². The summed E-state index contributed by atoms with van der Waals surface area (Å²) in [6.07, 6.45) is 0. The van der Waals surface area contributed by atoms with Gasteiger partial charge >= 0.3 is 0 Å². The van der Waals surface area contributed by atoms with Crippen LogP contribution >= 0.6 is 11.8 Å². The van der Waals surface area contributed by atoms with E-state index in [4.69, 9.17) is 5.73 Å². The van der Waals surface area contributed by atoms with Gasteiger partial charge < -0.3 is 10.7 Å². The molecule has 0 bridgehead atoms. The first-order chi connectivity index (χ1) is 11.5. The Hall–Kier alpha value is -2.60. The van der Waals surface area contributed by atoms with E-state index in [1.807, 2.05) is 50.2 Å². The van der Waals surface area contributed by atoms with Crippen LogP contribution in [0.5, 0.6) is 0 Å². The first-order valence-corrected chi connectivity index (χ1v) is 8.53. The van der Waals surface area contributed by atoms with Gasteiger partial charge in [-0.15, -0.1) is 0 Å². The molecule has 0 spiro atoms. The molecule has 0 unspecified atom stereocenters. The van der Waals surface area contributed by atoms with Gasteiger partial charge in [-0.3, -0.25) is 4.79 Å². The van der Waals surface area contributed by atoms with Gasteiger partial charge in [-0.05, 0) is 43.2 Å². The molecule has 122 valence electrons. The summed E-state index contributed by atoms with van der Waals surface area (Å²) in [7, 11) is 0. The molecule has 3 aromatic rings. The van der Waals surface area contributed by atoms with E-state index < -0.39 is 0 Å². The lowest BCUT2D eigenvalue weighted by atomic mass is 10.1. The minimum absolute atomic E-state index is 0.138. The molecule has 0 amide bonds. The Morgan fingerprint density at radius 1 is 1.25 bits per heavy atom. The number of hydrogen-bond donors (Lipinski definition) is 2. The number of aromatic nitrogens is 2. The van der Waals surface area contributed by atoms with E-state index in [0.29, 0.717) is 27.6 Å². The highest BCUT2D eigenvalue weighted by Gasteiger charge is 2.05. The third kappa shape index (κ3) is 3.65. The highest BCUT2D eigenvalue weighted by atomic mass is 32.2. The molecule has 3 rings (SSSR count). The Bertz CT molecular complexity index is 978. The summed E-state index contributed by atoms with van der Waals surface area (Å²) < 4.78 is 0. The van der Waals surface area contributed by atoms with Crippen molar-refractivity contribution in [1.82, 2.24) is 9.97 Å². The monoisotopic (exact) mass is 338 g/mol. The second-order valence-corrected chi connectivity index (χ2v) is 6.55. The van der Waals surface area contributed by atoms with Crippen LogP contribution in [0, 0.1) is 13.8 Å². The number of amidine groups is 1. The molecule has 6 heteroatoms. The largest absolute Gasteiger partial charge is 0.378 e. The van der Waals surface area contributed by atoms with Crippen molar-refractivity contribution >= 4 is 33.5 Å². The average Bonchev–Trinajstić information content (AvgIpc) is 2.56. The van der Waals surface area contributed by atoms with Gasteiger partial charge in [0.2, 0.25) is 0 Å². The smallest absolute Gasteiger partial charge is 0.258 e. The van der Waals surface area contributed by atoms with Crippen molar-refractivity contribution in [3.63, 3.8) is 0 Å². The normalized spacial score (nSPS) is 11.8. The first kappa shape index (κ1) is 16.3. The van der Waals surface area contributed by atoms with E-state index in [2.05, 4.69) is 15.0 Å². The molecule has 3 N–H and O–H groups in total. The highest BCUT2D eigenvalue weighted by molar-refractivity contribution is 8.13. The summed E-state index contributed by atoms with van der Waals surface area (Å²) in [5, 5.41) is 1.03. The van der Waals surface area contributed by atoms with Gasteiger partial charge in [-0.2, -0.15) is 0 Å². The van der Waals surface area contributed by atoms with E-state index >= 15 is 0 Å². The number of fused-ring (bicyclic) bond motifs is 1. The zero-order valence-corrected chi connectivity index (χ0v) is 14.4. The summed E-state index contributed by atoms with van der Waals surface area (Å²) >= 11 is 1.35. The van der Waals surface area contributed by atoms with Crippen LogP contribution in [0.2, 0.25) is 0 Å². The number of nitrogens with two attached hydrogens (primary N) is 1. The molecule has 24 heavy (non-hydrogen) atoms. The van der Waals surface area contributed by atoms with E-state index in [9.17, 15) is 4.79 Å². The fourth-order valence-electron chi connectivity index (χ4n) is 2.34. The average molecular weight is 338 g/mol. The fraction of sp³-hybridized carbons (Fsp3) is 0.167. The van der Waals surface area contributed by atoms with Crippen molar-refractivity contribution < 1.29 is 0 Å². The molecule has 0 saturated carbocycles. The Morgan fingerprint density at radius 3 is 2.88 bits per heavy atom. The molecule has 0 atom stereocenters. The summed E-state index contributed by atoms with van der Waals surface area (Å²) in [5.41, 5.74) is 9.63. The zero-order valence-electron chi connectivity index (χ0n) is 13.5. The number of benzene rings is 2. The van der Waals surface area contributed by atoms with Crippen LogP contribution in [0.4, 0.5) is 5.69 Å². The molecule has 1 heterocycles. The third-order valence-corrected chi connectivity index (χ3v) is 4.42. The number of aliphatic imine (C=N–C) groups is 1. The maximum atomic E-state index is 12.1. The van der Waals surface area contributed by atoms with Crippen LogP contribution in [0.1, 0.15) is 17.0 Å². The molecular formula is C18H18N4OS. The molecule has 0 saturated heterocycles. The van der Waals surface area contributed by atoms with Crippen LogP contribution in [-0.2, 0) is 5.75 Å². The fourth-order valence-corrected chi connectivity index (χ4v) is 2.92. The number of aryl methyl sites for hydroxylation is 2. The number of nitrogens with zero attached hydrogens (tertiary/aromatic N) is 2. The lowest BCUT2D eigenvalue weighted by molar-refractivity contribution is 1.04. The van der Waals surface area contributed by atoms with Crippen LogP contribution in [0.25, 0.3) is 10.9 Å². The predicted octanol–water partition coefficient (Wildman–Crippen LogP) is 3.42. The van der Waals surface area contributed by atoms with E-state index in [0.717, 1.165) is 16.8 Å².